The number of unbranched alkanes of at least 4 members (excludes halogenated alkanes) is 1. The molecule has 0 saturated carbocycles. The summed E-state index contributed by atoms with van der Waals surface area (Å²) in [7, 11) is -3.26. The van der Waals surface area contributed by atoms with Crippen LogP contribution in [0.5, 0.6) is 0 Å². The summed E-state index contributed by atoms with van der Waals surface area (Å²) in [6.07, 6.45) is 3.30. The Labute approximate surface area is 103 Å². The van der Waals surface area contributed by atoms with Crippen molar-refractivity contribution in [1.29, 1.82) is 0 Å². The van der Waals surface area contributed by atoms with Crippen molar-refractivity contribution in [3.63, 3.8) is 0 Å². The Hall–Kier alpha value is -1.08. The van der Waals surface area contributed by atoms with E-state index in [0.717, 1.165) is 13.0 Å². The van der Waals surface area contributed by atoms with E-state index in [-0.39, 0.29) is 5.75 Å². The molecule has 0 radical (unpaired) electrons. The van der Waals surface area contributed by atoms with Gasteiger partial charge >= 0.3 is 0 Å². The van der Waals surface area contributed by atoms with Crippen LogP contribution in [-0.4, -0.2) is 44.9 Å². The Balaban J connectivity index is 2.45. The quantitative estimate of drug-likeness (QED) is 0.663. The second-order valence-electron chi connectivity index (χ2n) is 3.90. The first-order valence-corrected chi connectivity index (χ1v) is 7.34. The molecule has 0 saturated heterocycles. The highest BCUT2D eigenvalue weighted by atomic mass is 32.2. The molecule has 2 N–H and O–H groups in total. The monoisotopic (exact) mass is 260 g/mol. The van der Waals surface area contributed by atoms with Crippen LogP contribution in [0.4, 0.5) is 0 Å². The van der Waals surface area contributed by atoms with Crippen LogP contribution in [0.3, 0.4) is 0 Å². The molecule has 0 aromatic carbocycles. The van der Waals surface area contributed by atoms with Crippen molar-refractivity contribution in [3.05, 3.63) is 12.7 Å². The van der Waals surface area contributed by atoms with Gasteiger partial charge in [0.2, 0.25) is 16.0 Å². The smallest absolute Gasteiger partial charge is 0.234 e. The molecule has 0 aliphatic carbocycles. The van der Waals surface area contributed by atoms with E-state index in [1.54, 1.807) is 6.08 Å². The first-order valence-electron chi connectivity index (χ1n) is 5.69. The van der Waals surface area contributed by atoms with Gasteiger partial charge in [-0.15, -0.1) is 6.58 Å². The number of guanidine groups is 1. The van der Waals surface area contributed by atoms with E-state index in [1.807, 2.05) is 11.8 Å². The molecule has 6 nitrogen and oxygen atoms in total. The van der Waals surface area contributed by atoms with Crippen LogP contribution in [0.2, 0.25) is 0 Å². The van der Waals surface area contributed by atoms with Gasteiger partial charge in [0.05, 0.1) is 19.1 Å². The van der Waals surface area contributed by atoms with Crippen molar-refractivity contribution in [2.75, 3.05) is 25.6 Å². The van der Waals surface area contributed by atoms with Crippen LogP contribution in [0.15, 0.2) is 17.6 Å². The summed E-state index contributed by atoms with van der Waals surface area (Å²) in [5, 5.41) is 2.92. The van der Waals surface area contributed by atoms with Gasteiger partial charge < -0.3 is 5.32 Å². The number of nitrogens with one attached hydrogen (secondary N) is 2. The van der Waals surface area contributed by atoms with Gasteiger partial charge in [0.1, 0.15) is 0 Å². The van der Waals surface area contributed by atoms with E-state index in [1.165, 1.54) is 0 Å². The first-order chi connectivity index (χ1) is 8.07. The molecule has 0 unspecified atom stereocenters. The van der Waals surface area contributed by atoms with Crippen molar-refractivity contribution >= 4 is 16.0 Å². The highest BCUT2D eigenvalue weighted by molar-refractivity contribution is 7.90. The zero-order valence-electron chi connectivity index (χ0n) is 10.1. The van der Waals surface area contributed by atoms with E-state index in [2.05, 4.69) is 21.6 Å². The number of aliphatic imine (C=N–C) groups is 1. The Morgan fingerprint density at radius 3 is 2.94 bits per heavy atom. The third-order valence-corrected chi connectivity index (χ3v) is 3.64. The molecule has 1 aliphatic heterocycles. The van der Waals surface area contributed by atoms with E-state index in [4.69, 9.17) is 0 Å². The molecule has 1 heterocycles. The van der Waals surface area contributed by atoms with Gasteiger partial charge in [-0.25, -0.2) is 13.4 Å². The average molecular weight is 260 g/mol. The standard InChI is InChI=1S/C10H20N4O2S/c1-3-5-7-17(15,16)13-10-11-8-14(6-4-2)9-12-10/h4H,2-3,5-9H2,1H3,(H2,11,12,13). The third kappa shape index (κ3) is 5.18. The largest absolute Gasteiger partial charge is 0.343 e. The molecule has 0 atom stereocenters. The molecule has 98 valence electrons. The van der Waals surface area contributed by atoms with Gasteiger partial charge in [-0.05, 0) is 6.42 Å². The minimum Gasteiger partial charge on any atom is -0.343 e. The van der Waals surface area contributed by atoms with Crippen LogP contribution >= 0.6 is 0 Å². The predicted molar refractivity (Wildman–Crippen MR) is 69.0 cm³/mol. The lowest BCUT2D eigenvalue weighted by Gasteiger charge is -2.25. The number of sulfonamides is 1. The lowest BCUT2D eigenvalue weighted by Crippen LogP contribution is -2.50. The topological polar surface area (TPSA) is 73.8 Å². The third-order valence-electron chi connectivity index (χ3n) is 2.31. The normalized spacial score (nSPS) is 17.1. The van der Waals surface area contributed by atoms with E-state index < -0.39 is 10.0 Å². The fourth-order valence-corrected chi connectivity index (χ4v) is 2.57. The minimum atomic E-state index is -3.26. The van der Waals surface area contributed by atoms with Gasteiger partial charge in [-0.1, -0.05) is 19.4 Å². The molecule has 1 rings (SSSR count). The summed E-state index contributed by atoms with van der Waals surface area (Å²) in [6.45, 7) is 7.37. The highest BCUT2D eigenvalue weighted by Crippen LogP contribution is 1.96. The summed E-state index contributed by atoms with van der Waals surface area (Å²) in [5.74, 6) is 0.474. The first kappa shape index (κ1) is 14.0. The van der Waals surface area contributed by atoms with Gasteiger partial charge in [0, 0.05) is 6.54 Å². The van der Waals surface area contributed by atoms with Crippen LogP contribution < -0.4 is 10.0 Å². The maximum Gasteiger partial charge on any atom is 0.234 e. The molecule has 0 amide bonds. The fourth-order valence-electron chi connectivity index (χ4n) is 1.37. The zero-order valence-corrected chi connectivity index (χ0v) is 11.0. The predicted octanol–water partition coefficient (Wildman–Crippen LogP) is 0.0681. The lowest BCUT2D eigenvalue weighted by molar-refractivity contribution is 0.291. The van der Waals surface area contributed by atoms with Crippen LogP contribution in [0, 0.1) is 0 Å². The second kappa shape index (κ2) is 6.61. The molecule has 0 spiro atoms. The maximum absolute atomic E-state index is 11.6. The van der Waals surface area contributed by atoms with E-state index >= 15 is 0 Å². The Kier molecular flexibility index (Phi) is 5.43. The number of nitrogens with zero attached hydrogens (tertiary/aromatic N) is 2. The second-order valence-corrected chi connectivity index (χ2v) is 5.74. The number of hydrogen-bond acceptors (Lipinski definition) is 5. The molecule has 0 aromatic rings. The molecular formula is C10H20N4O2S. The molecular weight excluding hydrogens is 240 g/mol. The fraction of sp³-hybridized carbons (Fsp3) is 0.700. The SMILES string of the molecule is C=CCN1CN=C(NS(=O)(=O)CCCC)NC1. The van der Waals surface area contributed by atoms with Crippen LogP contribution in [-0.2, 0) is 10.0 Å². The summed E-state index contributed by atoms with van der Waals surface area (Å²) in [4.78, 5) is 6.11. The van der Waals surface area contributed by atoms with Crippen LogP contribution in [0.25, 0.3) is 0 Å². The maximum atomic E-state index is 11.6. The summed E-state index contributed by atoms with van der Waals surface area (Å²) in [5.41, 5.74) is 0. The summed E-state index contributed by atoms with van der Waals surface area (Å²) < 4.78 is 25.7. The van der Waals surface area contributed by atoms with Gasteiger partial charge in [-0.3, -0.25) is 9.62 Å². The van der Waals surface area contributed by atoms with Gasteiger partial charge in [0.15, 0.2) is 0 Å². The lowest BCUT2D eigenvalue weighted by atomic mass is 10.4. The van der Waals surface area contributed by atoms with Crippen molar-refractivity contribution in [2.24, 2.45) is 4.99 Å². The van der Waals surface area contributed by atoms with Crippen LogP contribution in [0.1, 0.15) is 19.8 Å². The molecule has 1 aliphatic rings. The van der Waals surface area contributed by atoms with E-state index in [0.29, 0.717) is 25.7 Å². The Bertz CT molecular complexity index is 378. The Morgan fingerprint density at radius 1 is 1.65 bits per heavy atom. The molecule has 0 bridgehead atoms. The van der Waals surface area contributed by atoms with Crippen molar-refractivity contribution in [2.45, 2.75) is 19.8 Å². The summed E-state index contributed by atoms with van der Waals surface area (Å²) in [6, 6.07) is 0. The summed E-state index contributed by atoms with van der Waals surface area (Å²) >= 11 is 0. The minimum absolute atomic E-state index is 0.139. The molecule has 0 aromatic heterocycles. The molecule has 0 fully saturated rings. The number of rotatable bonds is 6. The Morgan fingerprint density at radius 2 is 2.41 bits per heavy atom. The van der Waals surface area contributed by atoms with Crippen molar-refractivity contribution < 1.29 is 8.42 Å². The zero-order chi connectivity index (χ0) is 12.7. The molecule has 17 heavy (non-hydrogen) atoms. The average Bonchev–Trinajstić information content (AvgIpc) is 2.29. The molecule has 7 heteroatoms. The van der Waals surface area contributed by atoms with Gasteiger partial charge in [-0.2, -0.15) is 0 Å². The van der Waals surface area contributed by atoms with Crippen molar-refractivity contribution in [3.8, 4) is 0 Å². The van der Waals surface area contributed by atoms with Gasteiger partial charge in [0.25, 0.3) is 0 Å². The van der Waals surface area contributed by atoms with Crippen molar-refractivity contribution in [1.82, 2.24) is 14.9 Å². The van der Waals surface area contributed by atoms with E-state index in [9.17, 15) is 8.42 Å². The highest BCUT2D eigenvalue weighted by Gasteiger charge is 2.16. The number of hydrogen-bond donors (Lipinski definition) is 2.